The molecule has 0 radical (unpaired) electrons. The molecule has 5 rings (SSSR count). The molecule has 2 aromatic heterocycles. The monoisotopic (exact) mass is 480 g/mol. The van der Waals surface area contributed by atoms with Crippen molar-refractivity contribution in [1.29, 1.82) is 0 Å². The number of nitrogens with zero attached hydrogens (tertiary/aromatic N) is 5. The van der Waals surface area contributed by atoms with Gasteiger partial charge in [0.2, 0.25) is 5.95 Å². The number of aromatic nitrogens is 4. The van der Waals surface area contributed by atoms with Crippen LogP contribution in [-0.2, 0) is 6.54 Å². The molecule has 1 aliphatic rings. The van der Waals surface area contributed by atoms with E-state index in [2.05, 4.69) is 27.2 Å². The Morgan fingerprint density at radius 2 is 1.83 bits per heavy atom. The van der Waals surface area contributed by atoms with Gasteiger partial charge in [0.05, 0.1) is 25.5 Å². The van der Waals surface area contributed by atoms with Gasteiger partial charge in [-0.25, -0.2) is 23.1 Å². The van der Waals surface area contributed by atoms with E-state index in [9.17, 15) is 13.6 Å². The summed E-state index contributed by atoms with van der Waals surface area (Å²) in [4.78, 5) is 25.0. The summed E-state index contributed by atoms with van der Waals surface area (Å²) in [5.41, 5.74) is 0.547. The number of benzene rings is 2. The molecule has 3 heterocycles. The number of hydrogen-bond acceptors (Lipinski definition) is 6. The molecule has 0 bridgehead atoms. The van der Waals surface area contributed by atoms with Gasteiger partial charge < -0.3 is 15.0 Å². The van der Waals surface area contributed by atoms with E-state index in [0.29, 0.717) is 28.5 Å². The highest BCUT2D eigenvalue weighted by atomic mass is 19.1. The average Bonchev–Trinajstić information content (AvgIpc) is 3.13. The maximum absolute atomic E-state index is 14.4. The van der Waals surface area contributed by atoms with Crippen molar-refractivity contribution < 1.29 is 13.5 Å². The lowest BCUT2D eigenvalue weighted by atomic mass is 10.1. The van der Waals surface area contributed by atoms with Crippen molar-refractivity contribution in [2.75, 3.05) is 32.6 Å². The van der Waals surface area contributed by atoms with E-state index in [1.165, 1.54) is 40.6 Å². The molecule has 8 nitrogen and oxygen atoms in total. The highest BCUT2D eigenvalue weighted by Crippen LogP contribution is 2.23. The molecule has 1 aliphatic heterocycles. The van der Waals surface area contributed by atoms with Crippen LogP contribution in [0.4, 0.5) is 14.7 Å². The van der Waals surface area contributed by atoms with Crippen LogP contribution in [-0.4, -0.2) is 57.3 Å². The van der Waals surface area contributed by atoms with Crippen molar-refractivity contribution in [1.82, 2.24) is 24.0 Å². The van der Waals surface area contributed by atoms with Gasteiger partial charge in [-0.05, 0) is 57.2 Å². The first-order valence-corrected chi connectivity index (χ1v) is 11.5. The quantitative estimate of drug-likeness (QED) is 0.456. The van der Waals surface area contributed by atoms with Crippen molar-refractivity contribution in [2.24, 2.45) is 0 Å². The van der Waals surface area contributed by atoms with E-state index in [1.807, 2.05) is 0 Å². The molecule has 0 atom stereocenters. The maximum Gasteiger partial charge on any atom is 0.335 e. The highest BCUT2D eigenvalue weighted by molar-refractivity contribution is 5.74. The normalized spacial score (nSPS) is 15.0. The highest BCUT2D eigenvalue weighted by Gasteiger charge is 2.22. The van der Waals surface area contributed by atoms with Crippen LogP contribution in [0.25, 0.3) is 16.9 Å². The van der Waals surface area contributed by atoms with Crippen LogP contribution < -0.4 is 15.7 Å². The zero-order chi connectivity index (χ0) is 24.5. The number of imidazole rings is 1. The number of fused-ring (bicyclic) bond motifs is 1. The molecule has 35 heavy (non-hydrogen) atoms. The van der Waals surface area contributed by atoms with Crippen LogP contribution in [0.2, 0.25) is 0 Å². The van der Waals surface area contributed by atoms with Crippen molar-refractivity contribution in [3.8, 4) is 11.4 Å². The topological polar surface area (TPSA) is 77.2 Å². The summed E-state index contributed by atoms with van der Waals surface area (Å²) in [7, 11) is 3.63. The van der Waals surface area contributed by atoms with Crippen molar-refractivity contribution >= 4 is 17.1 Å². The predicted octanol–water partition coefficient (Wildman–Crippen LogP) is 3.42. The minimum absolute atomic E-state index is 0.201. The summed E-state index contributed by atoms with van der Waals surface area (Å²) >= 11 is 0. The minimum atomic E-state index is -0.722. The fraction of sp³-hybridized carbons (Fsp3) is 0.320. The molecule has 0 saturated carbocycles. The number of ether oxygens (including phenoxy) is 1. The Kier molecular flexibility index (Phi) is 6.21. The molecule has 10 heteroatoms. The predicted molar refractivity (Wildman–Crippen MR) is 129 cm³/mol. The van der Waals surface area contributed by atoms with Gasteiger partial charge in [0.15, 0.2) is 5.65 Å². The molecule has 1 fully saturated rings. The smallest absolute Gasteiger partial charge is 0.335 e. The fourth-order valence-corrected chi connectivity index (χ4v) is 4.42. The lowest BCUT2D eigenvalue weighted by molar-refractivity contribution is 0.263. The first-order chi connectivity index (χ1) is 16.9. The summed E-state index contributed by atoms with van der Waals surface area (Å²) in [5.74, 6) is -0.478. The summed E-state index contributed by atoms with van der Waals surface area (Å²) in [6.07, 6.45) is 3.43. The Bertz CT molecular complexity index is 1410. The van der Waals surface area contributed by atoms with E-state index in [4.69, 9.17) is 4.74 Å². The zero-order valence-electron chi connectivity index (χ0n) is 19.5. The average molecular weight is 481 g/mol. The van der Waals surface area contributed by atoms with E-state index in [-0.39, 0.29) is 18.2 Å². The van der Waals surface area contributed by atoms with E-state index < -0.39 is 17.3 Å². The number of methoxy groups -OCH3 is 1. The van der Waals surface area contributed by atoms with Crippen LogP contribution in [0.1, 0.15) is 18.4 Å². The zero-order valence-corrected chi connectivity index (χ0v) is 19.5. The second-order valence-electron chi connectivity index (χ2n) is 8.73. The Labute approximate surface area is 200 Å². The number of nitrogens with one attached hydrogen (secondary N) is 1. The standard InChI is InChI=1S/C25H26F2N6O2/c1-31-11-9-16(10-12-31)29-24-28-14-22-23(30-24)33(17-5-3-6-18(13-17)35-2)25(34)32(22)15-19-20(26)7-4-8-21(19)27/h3-8,13-14,16H,9-12,15H2,1-2H3,(H,28,29,30). The third-order valence-corrected chi connectivity index (χ3v) is 6.42. The molecule has 1 saturated heterocycles. The van der Waals surface area contributed by atoms with Crippen molar-refractivity contribution in [3.63, 3.8) is 0 Å². The Hall–Kier alpha value is -3.79. The first-order valence-electron chi connectivity index (χ1n) is 11.5. The van der Waals surface area contributed by atoms with Gasteiger partial charge in [-0.3, -0.25) is 4.57 Å². The van der Waals surface area contributed by atoms with E-state index in [1.54, 1.807) is 24.3 Å². The molecule has 2 aromatic carbocycles. The number of hydrogen-bond donors (Lipinski definition) is 1. The summed E-state index contributed by atoms with van der Waals surface area (Å²) in [6.45, 7) is 1.65. The molecule has 1 N–H and O–H groups in total. The molecule has 0 spiro atoms. The molecular weight excluding hydrogens is 454 g/mol. The second-order valence-corrected chi connectivity index (χ2v) is 8.73. The second kappa shape index (κ2) is 9.46. The minimum Gasteiger partial charge on any atom is -0.497 e. The SMILES string of the molecule is COc1cccc(-n2c(=O)n(Cc3c(F)cccc3F)c3cnc(NC4CCN(C)CC4)nc32)c1. The molecule has 0 unspecified atom stereocenters. The van der Waals surface area contributed by atoms with Crippen LogP contribution in [0, 0.1) is 11.6 Å². The number of anilines is 1. The third kappa shape index (κ3) is 4.49. The Morgan fingerprint density at radius 3 is 2.54 bits per heavy atom. The molecule has 0 amide bonds. The van der Waals surface area contributed by atoms with Crippen LogP contribution >= 0.6 is 0 Å². The largest absolute Gasteiger partial charge is 0.497 e. The van der Waals surface area contributed by atoms with Crippen LogP contribution in [0.15, 0.2) is 53.5 Å². The van der Waals surface area contributed by atoms with Gasteiger partial charge in [0, 0.05) is 17.7 Å². The van der Waals surface area contributed by atoms with Gasteiger partial charge in [0.1, 0.15) is 22.9 Å². The first kappa shape index (κ1) is 23.0. The van der Waals surface area contributed by atoms with Gasteiger partial charge in [-0.1, -0.05) is 12.1 Å². The summed E-state index contributed by atoms with van der Waals surface area (Å²) in [5, 5.41) is 3.37. The number of rotatable bonds is 6. The number of halogens is 2. The Morgan fingerprint density at radius 1 is 1.11 bits per heavy atom. The molecule has 0 aliphatic carbocycles. The third-order valence-electron chi connectivity index (χ3n) is 6.42. The maximum atomic E-state index is 14.4. The molecular formula is C25H26F2N6O2. The number of likely N-dealkylation sites (tertiary alicyclic amines) is 1. The lowest BCUT2D eigenvalue weighted by Crippen LogP contribution is -2.37. The van der Waals surface area contributed by atoms with E-state index in [0.717, 1.165) is 25.9 Å². The van der Waals surface area contributed by atoms with Gasteiger partial charge in [-0.15, -0.1) is 0 Å². The van der Waals surface area contributed by atoms with Crippen molar-refractivity contribution in [2.45, 2.75) is 25.4 Å². The molecule has 4 aromatic rings. The lowest BCUT2D eigenvalue weighted by Gasteiger charge is -2.29. The van der Waals surface area contributed by atoms with E-state index >= 15 is 0 Å². The summed E-state index contributed by atoms with van der Waals surface area (Å²) in [6, 6.07) is 10.8. The molecule has 182 valence electrons. The van der Waals surface area contributed by atoms with Crippen LogP contribution in [0.3, 0.4) is 0 Å². The van der Waals surface area contributed by atoms with Crippen LogP contribution in [0.5, 0.6) is 5.75 Å². The number of piperidine rings is 1. The van der Waals surface area contributed by atoms with Gasteiger partial charge >= 0.3 is 5.69 Å². The fourth-order valence-electron chi connectivity index (χ4n) is 4.42. The van der Waals surface area contributed by atoms with Crippen molar-refractivity contribution in [3.05, 3.63) is 76.3 Å². The van der Waals surface area contributed by atoms with Gasteiger partial charge in [0.25, 0.3) is 0 Å². The Balaban J connectivity index is 1.63. The summed E-state index contributed by atoms with van der Waals surface area (Å²) < 4.78 is 36.9. The van der Waals surface area contributed by atoms with Gasteiger partial charge in [-0.2, -0.15) is 4.98 Å².